The van der Waals surface area contributed by atoms with Crippen LogP contribution in [0.25, 0.3) is 0 Å². The van der Waals surface area contributed by atoms with E-state index in [0.717, 1.165) is 30.3 Å². The number of aromatic nitrogens is 4. The highest BCUT2D eigenvalue weighted by molar-refractivity contribution is 6.29. The van der Waals surface area contributed by atoms with Crippen molar-refractivity contribution >= 4 is 17.6 Å². The Morgan fingerprint density at radius 2 is 2.24 bits per heavy atom. The van der Waals surface area contributed by atoms with Crippen LogP contribution in [0, 0.1) is 0 Å². The van der Waals surface area contributed by atoms with Crippen LogP contribution in [0.3, 0.4) is 0 Å². The minimum absolute atomic E-state index is 0.507. The Morgan fingerprint density at radius 3 is 2.86 bits per heavy atom. The minimum atomic E-state index is 0.507. The summed E-state index contributed by atoms with van der Waals surface area (Å²) in [7, 11) is 3.64. The Kier molecular flexibility index (Phi) is 5.51. The number of nitrogens with one attached hydrogen (secondary N) is 2. The highest BCUT2D eigenvalue weighted by Crippen LogP contribution is 2.05. The molecule has 112 valence electrons. The Bertz CT molecular complexity index is 591. The van der Waals surface area contributed by atoms with E-state index in [1.807, 2.05) is 17.7 Å². The SMILES string of the molecule is CN=C(NCCc1ccc(Cl)nc1)NCc1nncn1C. The highest BCUT2D eigenvalue weighted by Gasteiger charge is 2.02. The molecule has 2 N–H and O–H groups in total. The maximum Gasteiger partial charge on any atom is 0.191 e. The molecule has 0 aliphatic heterocycles. The third kappa shape index (κ3) is 4.71. The molecule has 2 aromatic heterocycles. The van der Waals surface area contributed by atoms with Gasteiger partial charge in [-0.05, 0) is 18.1 Å². The lowest BCUT2D eigenvalue weighted by atomic mass is 10.2. The molecule has 0 bridgehead atoms. The normalized spacial score (nSPS) is 11.5. The van der Waals surface area contributed by atoms with E-state index in [2.05, 4.69) is 30.8 Å². The summed E-state index contributed by atoms with van der Waals surface area (Å²) in [6, 6.07) is 3.75. The molecular formula is C13H18ClN7. The van der Waals surface area contributed by atoms with Gasteiger partial charge in [0.1, 0.15) is 11.5 Å². The van der Waals surface area contributed by atoms with Gasteiger partial charge in [-0.1, -0.05) is 17.7 Å². The molecule has 2 aromatic rings. The molecule has 7 nitrogen and oxygen atoms in total. The van der Waals surface area contributed by atoms with Crippen LogP contribution in [0.1, 0.15) is 11.4 Å². The van der Waals surface area contributed by atoms with E-state index in [1.165, 1.54) is 0 Å². The zero-order chi connectivity index (χ0) is 15.1. The Balaban J connectivity index is 1.75. The van der Waals surface area contributed by atoms with E-state index >= 15 is 0 Å². The van der Waals surface area contributed by atoms with Crippen molar-refractivity contribution in [3.63, 3.8) is 0 Å². The molecule has 21 heavy (non-hydrogen) atoms. The lowest BCUT2D eigenvalue weighted by molar-refractivity contribution is 0.723. The van der Waals surface area contributed by atoms with Crippen molar-refractivity contribution in [2.24, 2.45) is 12.0 Å². The summed E-state index contributed by atoms with van der Waals surface area (Å²) in [5, 5.41) is 14.8. The number of pyridine rings is 1. The standard InChI is InChI=1S/C13H18ClN7/c1-15-13(18-8-12-20-19-9-21(12)2)16-6-5-10-3-4-11(14)17-7-10/h3-4,7,9H,5-6,8H2,1-2H3,(H2,15,16,18). The molecule has 0 atom stereocenters. The number of hydrogen-bond donors (Lipinski definition) is 2. The smallest absolute Gasteiger partial charge is 0.191 e. The number of guanidine groups is 1. The van der Waals surface area contributed by atoms with Crippen LogP contribution in [0.2, 0.25) is 5.15 Å². The summed E-state index contributed by atoms with van der Waals surface area (Å²) < 4.78 is 1.86. The van der Waals surface area contributed by atoms with Gasteiger partial charge in [-0.3, -0.25) is 4.99 Å². The molecule has 0 aliphatic carbocycles. The Morgan fingerprint density at radius 1 is 1.38 bits per heavy atom. The predicted octanol–water partition coefficient (Wildman–Crippen LogP) is 0.771. The van der Waals surface area contributed by atoms with Gasteiger partial charge in [0.15, 0.2) is 11.8 Å². The molecule has 0 saturated carbocycles. The lowest BCUT2D eigenvalue weighted by Crippen LogP contribution is -2.38. The van der Waals surface area contributed by atoms with Crippen LogP contribution >= 0.6 is 11.6 Å². The lowest BCUT2D eigenvalue weighted by Gasteiger charge is -2.11. The summed E-state index contributed by atoms with van der Waals surface area (Å²) in [4.78, 5) is 8.21. The van der Waals surface area contributed by atoms with E-state index in [9.17, 15) is 0 Å². The van der Waals surface area contributed by atoms with Gasteiger partial charge in [0.05, 0.1) is 6.54 Å². The molecule has 0 aliphatic rings. The Labute approximate surface area is 128 Å². The van der Waals surface area contributed by atoms with Gasteiger partial charge in [0.25, 0.3) is 0 Å². The van der Waals surface area contributed by atoms with E-state index in [1.54, 1.807) is 25.6 Å². The van der Waals surface area contributed by atoms with Gasteiger partial charge in [-0.15, -0.1) is 10.2 Å². The second-order valence-corrected chi connectivity index (χ2v) is 4.84. The highest BCUT2D eigenvalue weighted by atomic mass is 35.5. The number of rotatable bonds is 5. The first kappa shape index (κ1) is 15.2. The van der Waals surface area contributed by atoms with Crippen LogP contribution < -0.4 is 10.6 Å². The molecule has 0 fully saturated rings. The van der Waals surface area contributed by atoms with Crippen LogP contribution in [0.15, 0.2) is 29.6 Å². The Hall–Kier alpha value is -2.15. The van der Waals surface area contributed by atoms with E-state index < -0.39 is 0 Å². The summed E-state index contributed by atoms with van der Waals surface area (Å²) in [5.74, 6) is 1.57. The maximum atomic E-state index is 5.75. The third-order valence-corrected chi connectivity index (χ3v) is 3.16. The van der Waals surface area contributed by atoms with Crippen molar-refractivity contribution in [2.75, 3.05) is 13.6 Å². The van der Waals surface area contributed by atoms with Crippen molar-refractivity contribution in [1.82, 2.24) is 30.4 Å². The fraction of sp³-hybridized carbons (Fsp3) is 0.385. The number of aryl methyl sites for hydroxylation is 1. The first-order valence-corrected chi connectivity index (χ1v) is 6.94. The summed E-state index contributed by atoms with van der Waals surface area (Å²) in [6.45, 7) is 1.32. The molecule has 0 amide bonds. The van der Waals surface area contributed by atoms with Crippen molar-refractivity contribution in [1.29, 1.82) is 0 Å². The van der Waals surface area contributed by atoms with Crippen LogP contribution in [-0.2, 0) is 20.0 Å². The van der Waals surface area contributed by atoms with Crippen molar-refractivity contribution in [3.8, 4) is 0 Å². The maximum absolute atomic E-state index is 5.75. The summed E-state index contributed by atoms with van der Waals surface area (Å²) in [6.07, 6.45) is 4.29. The van der Waals surface area contributed by atoms with Gasteiger partial charge in [0, 0.05) is 26.8 Å². The molecule has 0 radical (unpaired) electrons. The van der Waals surface area contributed by atoms with Gasteiger partial charge < -0.3 is 15.2 Å². The van der Waals surface area contributed by atoms with Gasteiger partial charge in [-0.25, -0.2) is 4.98 Å². The molecule has 2 rings (SSSR count). The van der Waals surface area contributed by atoms with Crippen molar-refractivity contribution < 1.29 is 0 Å². The van der Waals surface area contributed by atoms with Crippen LogP contribution in [-0.4, -0.2) is 39.3 Å². The largest absolute Gasteiger partial charge is 0.356 e. The monoisotopic (exact) mass is 307 g/mol. The zero-order valence-corrected chi connectivity index (χ0v) is 12.8. The molecule has 0 aromatic carbocycles. The molecule has 0 saturated heterocycles. The summed E-state index contributed by atoms with van der Waals surface area (Å²) in [5.41, 5.74) is 1.12. The molecule has 0 spiro atoms. The minimum Gasteiger partial charge on any atom is -0.356 e. The molecule has 8 heteroatoms. The zero-order valence-electron chi connectivity index (χ0n) is 12.0. The van der Waals surface area contributed by atoms with E-state index in [4.69, 9.17) is 11.6 Å². The number of aliphatic imine (C=N–C) groups is 1. The number of halogens is 1. The second kappa shape index (κ2) is 7.58. The molecule has 0 unspecified atom stereocenters. The van der Waals surface area contributed by atoms with Crippen molar-refractivity contribution in [2.45, 2.75) is 13.0 Å². The average Bonchev–Trinajstić information content (AvgIpc) is 2.90. The average molecular weight is 308 g/mol. The second-order valence-electron chi connectivity index (χ2n) is 4.45. The van der Waals surface area contributed by atoms with Crippen molar-refractivity contribution in [3.05, 3.63) is 41.2 Å². The predicted molar refractivity (Wildman–Crippen MR) is 82.2 cm³/mol. The van der Waals surface area contributed by atoms with E-state index in [0.29, 0.717) is 11.7 Å². The van der Waals surface area contributed by atoms with Gasteiger partial charge in [0.2, 0.25) is 0 Å². The van der Waals surface area contributed by atoms with Gasteiger partial charge in [-0.2, -0.15) is 0 Å². The molecule has 2 heterocycles. The first-order chi connectivity index (χ1) is 10.2. The third-order valence-electron chi connectivity index (χ3n) is 2.94. The molecular weight excluding hydrogens is 290 g/mol. The topological polar surface area (TPSA) is 80.0 Å². The fourth-order valence-electron chi connectivity index (χ4n) is 1.73. The van der Waals surface area contributed by atoms with E-state index in [-0.39, 0.29) is 0 Å². The number of nitrogens with zero attached hydrogens (tertiary/aromatic N) is 5. The fourth-order valence-corrected chi connectivity index (χ4v) is 1.84. The van der Waals surface area contributed by atoms with Gasteiger partial charge >= 0.3 is 0 Å². The van der Waals surface area contributed by atoms with Crippen LogP contribution in [0.4, 0.5) is 0 Å². The quantitative estimate of drug-likeness (QED) is 0.484. The first-order valence-electron chi connectivity index (χ1n) is 6.57. The van der Waals surface area contributed by atoms with Crippen LogP contribution in [0.5, 0.6) is 0 Å². The summed E-state index contributed by atoms with van der Waals surface area (Å²) >= 11 is 5.75. The number of hydrogen-bond acceptors (Lipinski definition) is 4.